The Bertz CT molecular complexity index is 1620. The molecule has 4 nitrogen and oxygen atoms in total. The van der Waals surface area contributed by atoms with E-state index in [-0.39, 0.29) is 17.3 Å². The van der Waals surface area contributed by atoms with E-state index in [9.17, 15) is 14.4 Å². The van der Waals surface area contributed by atoms with Crippen molar-refractivity contribution in [1.29, 1.82) is 0 Å². The number of para-hydroxylation sites is 1. The van der Waals surface area contributed by atoms with E-state index in [0.717, 1.165) is 16.8 Å². The number of hydrogen-bond acceptors (Lipinski definition) is 4. The largest absolute Gasteiger partial charge is 0.352 e. The molecule has 0 amide bonds. The van der Waals surface area contributed by atoms with Gasteiger partial charge >= 0.3 is 0 Å². The van der Waals surface area contributed by atoms with Gasteiger partial charge in [-0.05, 0) is 29.3 Å². The van der Waals surface area contributed by atoms with E-state index < -0.39 is 23.4 Å². The summed E-state index contributed by atoms with van der Waals surface area (Å²) in [6, 6.07) is 29.7. The second-order valence-corrected chi connectivity index (χ2v) is 10.5. The van der Waals surface area contributed by atoms with Crippen molar-refractivity contribution in [3.05, 3.63) is 142 Å². The molecule has 0 aromatic heterocycles. The van der Waals surface area contributed by atoms with Crippen LogP contribution in [0.25, 0.3) is 6.08 Å². The fraction of sp³-hybridized carbons (Fsp3) is 0.121. The van der Waals surface area contributed by atoms with Crippen LogP contribution in [0.1, 0.15) is 48.1 Å². The van der Waals surface area contributed by atoms with Gasteiger partial charge in [-0.2, -0.15) is 0 Å². The Kier molecular flexibility index (Phi) is 5.04. The van der Waals surface area contributed by atoms with Crippen LogP contribution in [-0.2, 0) is 0 Å². The van der Waals surface area contributed by atoms with Crippen LogP contribution in [-0.4, -0.2) is 29.4 Å². The number of hydrogen-bond donors (Lipinski definition) is 0. The summed E-state index contributed by atoms with van der Waals surface area (Å²) < 4.78 is 0. The SMILES string of the molecule is O=C(c1ccccc1)[C@H]1[C@H](c2ccc(Cl)cc2)C2(C(=O)c3ccccc3C2=O)[C@H]2C=Cc3ccccc3N12. The van der Waals surface area contributed by atoms with Crippen molar-refractivity contribution in [3.63, 3.8) is 0 Å². The van der Waals surface area contributed by atoms with Crippen molar-refractivity contribution in [2.75, 3.05) is 4.90 Å². The van der Waals surface area contributed by atoms with E-state index in [2.05, 4.69) is 0 Å². The molecule has 0 radical (unpaired) electrons. The minimum atomic E-state index is -1.50. The van der Waals surface area contributed by atoms with Gasteiger partial charge in [0.1, 0.15) is 11.5 Å². The van der Waals surface area contributed by atoms with Crippen LogP contribution < -0.4 is 4.90 Å². The number of fused-ring (bicyclic) bond motifs is 5. The Labute approximate surface area is 225 Å². The van der Waals surface area contributed by atoms with Crippen LogP contribution in [0, 0.1) is 5.41 Å². The molecule has 5 heteroatoms. The fourth-order valence-electron chi connectivity index (χ4n) is 6.73. The third kappa shape index (κ3) is 2.95. The van der Waals surface area contributed by atoms with Crippen LogP contribution in [0.2, 0.25) is 5.02 Å². The van der Waals surface area contributed by atoms with E-state index in [0.29, 0.717) is 21.7 Å². The maximum atomic E-state index is 14.5. The van der Waals surface area contributed by atoms with Crippen LogP contribution in [0.5, 0.6) is 0 Å². The number of ketones is 3. The molecule has 4 aromatic rings. The monoisotopic (exact) mass is 515 g/mol. The second kappa shape index (κ2) is 8.37. The van der Waals surface area contributed by atoms with Gasteiger partial charge in [0, 0.05) is 33.3 Å². The van der Waals surface area contributed by atoms with Gasteiger partial charge in [-0.3, -0.25) is 14.4 Å². The zero-order valence-corrected chi connectivity index (χ0v) is 21.0. The molecule has 7 rings (SSSR count). The molecule has 1 saturated heterocycles. The Morgan fingerprint density at radius 2 is 1.34 bits per heavy atom. The van der Waals surface area contributed by atoms with Crippen LogP contribution in [0.15, 0.2) is 109 Å². The van der Waals surface area contributed by atoms with Crippen molar-refractivity contribution < 1.29 is 14.4 Å². The normalized spacial score (nSPS) is 22.3. The van der Waals surface area contributed by atoms with Crippen molar-refractivity contribution >= 4 is 40.7 Å². The van der Waals surface area contributed by atoms with Gasteiger partial charge < -0.3 is 4.90 Å². The van der Waals surface area contributed by atoms with E-state index in [1.165, 1.54) is 0 Å². The van der Waals surface area contributed by atoms with E-state index in [4.69, 9.17) is 11.6 Å². The van der Waals surface area contributed by atoms with Gasteiger partial charge in [-0.15, -0.1) is 0 Å². The molecule has 1 aliphatic carbocycles. The average molecular weight is 516 g/mol. The molecule has 0 N–H and O–H groups in total. The summed E-state index contributed by atoms with van der Waals surface area (Å²) in [6.07, 6.45) is 3.90. The van der Waals surface area contributed by atoms with E-state index >= 15 is 0 Å². The molecule has 184 valence electrons. The zero-order valence-electron chi connectivity index (χ0n) is 20.3. The maximum absolute atomic E-state index is 14.5. The van der Waals surface area contributed by atoms with Gasteiger partial charge in [-0.25, -0.2) is 0 Å². The van der Waals surface area contributed by atoms with Gasteiger partial charge in [0.05, 0.1) is 6.04 Å². The predicted molar refractivity (Wildman–Crippen MR) is 148 cm³/mol. The molecule has 3 aliphatic rings. The smallest absolute Gasteiger partial charge is 0.185 e. The van der Waals surface area contributed by atoms with Crippen molar-refractivity contribution in [2.24, 2.45) is 5.41 Å². The lowest BCUT2D eigenvalue weighted by Gasteiger charge is -2.37. The molecule has 2 heterocycles. The Morgan fingerprint density at radius 1 is 0.737 bits per heavy atom. The highest BCUT2D eigenvalue weighted by Crippen LogP contribution is 2.60. The molecular formula is C33H22ClNO3. The molecule has 0 bridgehead atoms. The van der Waals surface area contributed by atoms with Gasteiger partial charge in [-0.1, -0.05) is 109 Å². The summed E-state index contributed by atoms with van der Waals surface area (Å²) in [5.41, 5.74) is 2.37. The van der Waals surface area contributed by atoms with Crippen LogP contribution in [0.4, 0.5) is 5.69 Å². The van der Waals surface area contributed by atoms with Gasteiger partial charge in [0.25, 0.3) is 0 Å². The number of nitrogens with zero attached hydrogens (tertiary/aromatic N) is 1. The van der Waals surface area contributed by atoms with Crippen molar-refractivity contribution in [2.45, 2.75) is 18.0 Å². The number of anilines is 1. The summed E-state index contributed by atoms with van der Waals surface area (Å²) >= 11 is 6.26. The first-order valence-electron chi connectivity index (χ1n) is 12.6. The Morgan fingerprint density at radius 3 is 2.03 bits per heavy atom. The number of benzene rings is 4. The number of carbonyl (C=O) groups excluding carboxylic acids is 3. The summed E-state index contributed by atoms with van der Waals surface area (Å²) in [5.74, 6) is -1.34. The summed E-state index contributed by atoms with van der Waals surface area (Å²) in [4.78, 5) is 45.6. The first-order chi connectivity index (χ1) is 18.5. The number of carbonyl (C=O) groups is 3. The first kappa shape index (κ1) is 22.9. The molecule has 38 heavy (non-hydrogen) atoms. The highest BCUT2D eigenvalue weighted by atomic mass is 35.5. The molecule has 0 saturated carbocycles. The number of rotatable bonds is 3. The summed E-state index contributed by atoms with van der Waals surface area (Å²) in [5, 5.41) is 0.544. The number of Topliss-reactive ketones (excluding diaryl/α,β-unsaturated/α-hetero) is 3. The Balaban J connectivity index is 1.55. The molecule has 2 aliphatic heterocycles. The minimum absolute atomic E-state index is 0.130. The lowest BCUT2D eigenvalue weighted by molar-refractivity contribution is 0.0666. The second-order valence-electron chi connectivity index (χ2n) is 10.0. The minimum Gasteiger partial charge on any atom is -0.352 e. The topological polar surface area (TPSA) is 54.5 Å². The molecule has 3 atom stereocenters. The molecule has 0 unspecified atom stereocenters. The highest BCUT2D eigenvalue weighted by molar-refractivity contribution is 6.32. The molecular weight excluding hydrogens is 494 g/mol. The average Bonchev–Trinajstić information content (AvgIpc) is 3.40. The van der Waals surface area contributed by atoms with Gasteiger partial charge in [0.2, 0.25) is 0 Å². The third-order valence-corrected chi connectivity index (χ3v) is 8.52. The molecule has 4 aromatic carbocycles. The summed E-state index contributed by atoms with van der Waals surface area (Å²) in [6.45, 7) is 0. The molecule has 1 fully saturated rings. The van der Waals surface area contributed by atoms with Crippen molar-refractivity contribution in [1.82, 2.24) is 0 Å². The lowest BCUT2D eigenvalue weighted by atomic mass is 9.64. The summed E-state index contributed by atoms with van der Waals surface area (Å²) in [7, 11) is 0. The first-order valence-corrected chi connectivity index (χ1v) is 13.0. The standard InChI is InChI=1S/C33H22ClNO3/c34-23-17-14-21(15-18-23)28-29(30(36)22-9-2-1-3-10-22)35-26-13-7-4-8-20(26)16-19-27(35)33(28)31(37)24-11-5-6-12-25(24)32(33)38/h1-19,27-29H/t27-,28+,29-/m1/s1. The maximum Gasteiger partial charge on any atom is 0.185 e. The Hall–Kier alpha value is -4.28. The highest BCUT2D eigenvalue weighted by Gasteiger charge is 2.71. The van der Waals surface area contributed by atoms with E-state index in [1.54, 1.807) is 48.5 Å². The zero-order chi connectivity index (χ0) is 26.0. The van der Waals surface area contributed by atoms with E-state index in [1.807, 2.05) is 71.6 Å². The van der Waals surface area contributed by atoms with Crippen LogP contribution >= 0.6 is 11.6 Å². The quantitative estimate of drug-likeness (QED) is 0.226. The fourth-order valence-corrected chi connectivity index (χ4v) is 6.86. The lowest BCUT2D eigenvalue weighted by Crippen LogP contribution is -2.48. The van der Waals surface area contributed by atoms with Gasteiger partial charge in [0.15, 0.2) is 17.3 Å². The molecule has 1 spiro atoms. The third-order valence-electron chi connectivity index (χ3n) is 8.27. The number of halogens is 1. The predicted octanol–water partition coefficient (Wildman–Crippen LogP) is 6.66. The van der Waals surface area contributed by atoms with Crippen molar-refractivity contribution in [3.8, 4) is 0 Å². The van der Waals surface area contributed by atoms with Crippen LogP contribution in [0.3, 0.4) is 0 Å².